The lowest BCUT2D eigenvalue weighted by Gasteiger charge is -2.40. The molecular weight excluding hydrogens is 883 g/mol. The number of carbonyl (C=O) groups excluding carboxylic acids is 1. The molecule has 1 aliphatic heterocycles. The van der Waals surface area contributed by atoms with Gasteiger partial charge in [0.15, 0.2) is 6.29 Å². The molecule has 0 radical (unpaired) electrons. The van der Waals surface area contributed by atoms with Crippen molar-refractivity contribution in [3.05, 3.63) is 12.2 Å². The lowest BCUT2D eigenvalue weighted by Crippen LogP contribution is -2.60. The fraction of sp³-hybridized carbons (Fsp3) is 0.949. The van der Waals surface area contributed by atoms with Crippen LogP contribution in [-0.2, 0) is 14.3 Å². The van der Waals surface area contributed by atoms with Crippen LogP contribution in [0.4, 0.5) is 0 Å². The smallest absolute Gasteiger partial charge is 0.249 e. The first kappa shape index (κ1) is 66.9. The average molecular weight is 999 g/mol. The van der Waals surface area contributed by atoms with Crippen LogP contribution in [-0.4, -0.2) is 110 Å². The van der Waals surface area contributed by atoms with E-state index in [0.717, 1.165) is 38.5 Å². The fourth-order valence-corrected chi connectivity index (χ4v) is 9.92. The van der Waals surface area contributed by atoms with E-state index in [1.165, 1.54) is 212 Å². The normalized spacial score (nSPS) is 20.3. The molecule has 0 aliphatic carbocycles. The zero-order valence-electron chi connectivity index (χ0n) is 45.5. The van der Waals surface area contributed by atoms with E-state index in [4.69, 9.17) is 9.47 Å². The number of rotatable bonds is 52. The van der Waals surface area contributed by atoms with Gasteiger partial charge in [-0.05, 0) is 38.5 Å². The maximum Gasteiger partial charge on any atom is 0.249 e. The second-order valence-electron chi connectivity index (χ2n) is 21.4. The summed E-state index contributed by atoms with van der Waals surface area (Å²) in [7, 11) is 0. The summed E-state index contributed by atoms with van der Waals surface area (Å²) in [6.07, 6.45) is 45.8. The summed E-state index contributed by atoms with van der Waals surface area (Å²) in [6.45, 7) is 3.46. The van der Waals surface area contributed by atoms with E-state index in [9.17, 15) is 40.5 Å². The van der Waals surface area contributed by atoms with Crippen molar-refractivity contribution >= 4 is 5.91 Å². The summed E-state index contributed by atoms with van der Waals surface area (Å²) >= 11 is 0. The van der Waals surface area contributed by atoms with Crippen molar-refractivity contribution in [1.29, 1.82) is 0 Å². The number of carbonyl (C=O) groups is 1. The number of nitrogens with one attached hydrogen (secondary N) is 1. The number of hydrogen-bond donors (Lipinski definition) is 8. The van der Waals surface area contributed by atoms with Gasteiger partial charge in [-0.3, -0.25) is 4.79 Å². The number of aliphatic hydroxyl groups is 7. The second-order valence-corrected chi connectivity index (χ2v) is 21.4. The van der Waals surface area contributed by atoms with Crippen LogP contribution in [0.15, 0.2) is 12.2 Å². The molecule has 1 amide bonds. The Kier molecular flexibility index (Phi) is 46.6. The number of amides is 1. The van der Waals surface area contributed by atoms with Crippen LogP contribution in [0.3, 0.4) is 0 Å². The molecular formula is C59H115NO10. The minimum Gasteiger partial charge on any atom is -0.394 e. The van der Waals surface area contributed by atoms with E-state index < -0.39 is 74.2 Å². The van der Waals surface area contributed by atoms with E-state index in [0.29, 0.717) is 12.8 Å². The molecule has 11 heteroatoms. The van der Waals surface area contributed by atoms with E-state index >= 15 is 0 Å². The van der Waals surface area contributed by atoms with Gasteiger partial charge in [0.2, 0.25) is 5.91 Å². The summed E-state index contributed by atoms with van der Waals surface area (Å²) in [5.74, 6) is -0.701. The zero-order chi connectivity index (χ0) is 51.1. The lowest BCUT2D eigenvalue weighted by molar-refractivity contribution is -0.303. The Labute approximate surface area is 430 Å². The molecule has 9 atom stereocenters. The first-order valence-electron chi connectivity index (χ1n) is 30.1. The predicted octanol–water partition coefficient (Wildman–Crippen LogP) is 12.7. The van der Waals surface area contributed by atoms with Gasteiger partial charge in [0, 0.05) is 0 Å². The van der Waals surface area contributed by atoms with Gasteiger partial charge in [0.05, 0.1) is 25.4 Å². The molecule has 1 heterocycles. The maximum absolute atomic E-state index is 13.2. The number of allylic oxidation sites excluding steroid dienone is 2. The molecule has 1 rings (SSSR count). The van der Waals surface area contributed by atoms with Gasteiger partial charge in [-0.2, -0.15) is 0 Å². The first-order chi connectivity index (χ1) is 34.2. The summed E-state index contributed by atoms with van der Waals surface area (Å²) in [5, 5.41) is 76.0. The Bertz CT molecular complexity index is 1140. The van der Waals surface area contributed by atoms with E-state index in [1.54, 1.807) is 0 Å². The highest BCUT2D eigenvalue weighted by molar-refractivity contribution is 5.80. The molecule has 0 spiro atoms. The number of ether oxygens (including phenoxy) is 2. The van der Waals surface area contributed by atoms with Crippen molar-refractivity contribution in [2.45, 2.75) is 345 Å². The van der Waals surface area contributed by atoms with E-state index in [1.807, 2.05) is 0 Å². The lowest BCUT2D eigenvalue weighted by atomic mass is 9.98. The van der Waals surface area contributed by atoms with E-state index in [2.05, 4.69) is 31.3 Å². The van der Waals surface area contributed by atoms with Crippen LogP contribution < -0.4 is 5.32 Å². The number of aliphatic hydroxyl groups excluding tert-OH is 7. The highest BCUT2D eigenvalue weighted by Gasteiger charge is 2.44. The molecule has 70 heavy (non-hydrogen) atoms. The highest BCUT2D eigenvalue weighted by Crippen LogP contribution is 2.23. The average Bonchev–Trinajstić information content (AvgIpc) is 3.36. The van der Waals surface area contributed by atoms with Gasteiger partial charge < -0.3 is 50.5 Å². The second kappa shape index (κ2) is 48.8. The van der Waals surface area contributed by atoms with Gasteiger partial charge in [0.25, 0.3) is 0 Å². The van der Waals surface area contributed by atoms with Gasteiger partial charge in [0.1, 0.15) is 36.6 Å². The molecule has 11 nitrogen and oxygen atoms in total. The summed E-state index contributed by atoms with van der Waals surface area (Å²) in [5.41, 5.74) is 0. The molecule has 416 valence electrons. The minimum atomic E-state index is -1.66. The molecule has 0 bridgehead atoms. The van der Waals surface area contributed by atoms with Crippen LogP contribution in [0, 0.1) is 0 Å². The Morgan fingerprint density at radius 2 is 0.843 bits per heavy atom. The third-order valence-electron chi connectivity index (χ3n) is 14.8. The summed E-state index contributed by atoms with van der Waals surface area (Å²) in [6, 6.07) is -1.18. The Morgan fingerprint density at radius 1 is 0.486 bits per heavy atom. The molecule has 1 saturated heterocycles. The maximum atomic E-state index is 13.2. The zero-order valence-corrected chi connectivity index (χ0v) is 45.5. The van der Waals surface area contributed by atoms with Gasteiger partial charge in [-0.15, -0.1) is 0 Å². The minimum absolute atomic E-state index is 0.259. The molecule has 0 aromatic heterocycles. The van der Waals surface area contributed by atoms with Gasteiger partial charge >= 0.3 is 0 Å². The molecule has 0 aromatic rings. The van der Waals surface area contributed by atoms with Crippen LogP contribution in [0.1, 0.15) is 290 Å². The van der Waals surface area contributed by atoms with Crippen molar-refractivity contribution in [2.24, 2.45) is 0 Å². The quantitative estimate of drug-likeness (QED) is 0.0215. The van der Waals surface area contributed by atoms with Gasteiger partial charge in [-0.25, -0.2) is 0 Å². The predicted molar refractivity (Wildman–Crippen MR) is 289 cm³/mol. The van der Waals surface area contributed by atoms with Crippen molar-refractivity contribution in [2.75, 3.05) is 13.2 Å². The standard InChI is InChI=1S/C59H115NO10/c1-3-5-7-9-11-13-15-17-18-19-20-21-22-23-24-25-26-27-28-29-30-31-32-33-35-37-39-41-43-45-47-52(63)58(68)60-50(49-69-59-57(67)56(66)55(65)53(48-61)70-59)54(64)51(62)46-44-42-40-38-36-34-16-14-12-10-8-6-4-2/h38,40,50-57,59,61-67H,3-37,39,41-49H2,1-2H3,(H,60,68)/b40-38+. The number of unbranched alkanes of at least 4 members (excludes halogenated alkanes) is 38. The van der Waals surface area contributed by atoms with Crippen LogP contribution in [0.5, 0.6) is 0 Å². The largest absolute Gasteiger partial charge is 0.394 e. The molecule has 1 aliphatic rings. The monoisotopic (exact) mass is 998 g/mol. The molecule has 9 unspecified atom stereocenters. The van der Waals surface area contributed by atoms with Crippen molar-refractivity contribution in [1.82, 2.24) is 5.32 Å². The molecule has 1 fully saturated rings. The van der Waals surface area contributed by atoms with Crippen molar-refractivity contribution in [3.8, 4) is 0 Å². The third kappa shape index (κ3) is 36.7. The van der Waals surface area contributed by atoms with E-state index in [-0.39, 0.29) is 12.8 Å². The Hall–Kier alpha value is -1.15. The number of hydrogen-bond acceptors (Lipinski definition) is 10. The van der Waals surface area contributed by atoms with Gasteiger partial charge in [-0.1, -0.05) is 264 Å². The topological polar surface area (TPSA) is 189 Å². The van der Waals surface area contributed by atoms with Crippen LogP contribution in [0.2, 0.25) is 0 Å². The highest BCUT2D eigenvalue weighted by atomic mass is 16.7. The Balaban J connectivity index is 2.20. The molecule has 8 N–H and O–H groups in total. The Morgan fingerprint density at radius 3 is 1.23 bits per heavy atom. The van der Waals surface area contributed by atoms with Crippen molar-refractivity contribution < 1.29 is 50.0 Å². The van der Waals surface area contributed by atoms with Crippen LogP contribution in [0.25, 0.3) is 0 Å². The first-order valence-corrected chi connectivity index (χ1v) is 30.1. The van der Waals surface area contributed by atoms with Crippen molar-refractivity contribution in [3.63, 3.8) is 0 Å². The molecule has 0 saturated carbocycles. The third-order valence-corrected chi connectivity index (χ3v) is 14.8. The SMILES string of the molecule is CCCCCCCCCC/C=C/CCCC(O)C(O)C(COC1OC(CO)C(O)C(O)C1O)NC(=O)C(O)CCCCCCCCCCCCCCCCCCCCCCCCCCCCCCCC. The fourth-order valence-electron chi connectivity index (χ4n) is 9.92. The summed E-state index contributed by atoms with van der Waals surface area (Å²) < 4.78 is 11.1. The summed E-state index contributed by atoms with van der Waals surface area (Å²) in [4.78, 5) is 13.2. The van der Waals surface area contributed by atoms with Crippen LogP contribution >= 0.6 is 0 Å². The molecule has 0 aromatic carbocycles.